The summed E-state index contributed by atoms with van der Waals surface area (Å²) < 4.78 is 0.829. The van der Waals surface area contributed by atoms with Gasteiger partial charge >= 0.3 is 0 Å². The molecule has 0 saturated heterocycles. The summed E-state index contributed by atoms with van der Waals surface area (Å²) >= 11 is 3.41. The van der Waals surface area contributed by atoms with Crippen molar-refractivity contribution in [3.63, 3.8) is 0 Å². The second-order valence-electron chi connectivity index (χ2n) is 4.96. The van der Waals surface area contributed by atoms with Gasteiger partial charge in [0.2, 0.25) is 0 Å². The highest BCUT2D eigenvalue weighted by Gasteiger charge is 2.22. The molecule has 18 heavy (non-hydrogen) atoms. The van der Waals surface area contributed by atoms with Gasteiger partial charge in [-0.15, -0.1) is 0 Å². The molecule has 0 aliphatic heterocycles. The molecule has 100 valence electrons. The molecule has 2 atom stereocenters. The molecule has 2 unspecified atom stereocenters. The Morgan fingerprint density at radius 2 is 2.28 bits per heavy atom. The first-order chi connectivity index (χ1) is 8.67. The minimum Gasteiger partial charge on any atom is -0.393 e. The third-order valence-corrected chi connectivity index (χ3v) is 3.71. The number of anilines is 1. The highest BCUT2D eigenvalue weighted by molar-refractivity contribution is 9.10. The molecular formula is C13H20BrN3O. The predicted molar refractivity (Wildman–Crippen MR) is 75.6 cm³/mol. The SMILES string of the molecule is CCCc1nc(Br)cc(NCC2CCC(O)C2)n1. The van der Waals surface area contributed by atoms with E-state index < -0.39 is 0 Å². The van der Waals surface area contributed by atoms with E-state index in [0.717, 1.165) is 54.9 Å². The summed E-state index contributed by atoms with van der Waals surface area (Å²) in [5.41, 5.74) is 0. The molecule has 0 bridgehead atoms. The molecule has 1 fully saturated rings. The van der Waals surface area contributed by atoms with Crippen LogP contribution in [-0.2, 0) is 6.42 Å². The first-order valence-electron chi connectivity index (χ1n) is 6.62. The second kappa shape index (κ2) is 6.48. The Kier molecular flexibility index (Phi) is 4.95. The molecule has 1 aromatic rings. The van der Waals surface area contributed by atoms with E-state index in [1.165, 1.54) is 0 Å². The molecule has 1 heterocycles. The van der Waals surface area contributed by atoms with Gasteiger partial charge in [-0.1, -0.05) is 6.92 Å². The molecular weight excluding hydrogens is 294 g/mol. The van der Waals surface area contributed by atoms with E-state index in [2.05, 4.69) is 38.1 Å². The van der Waals surface area contributed by atoms with Crippen LogP contribution in [0.2, 0.25) is 0 Å². The number of aromatic nitrogens is 2. The van der Waals surface area contributed by atoms with Crippen molar-refractivity contribution < 1.29 is 5.11 Å². The van der Waals surface area contributed by atoms with Crippen molar-refractivity contribution >= 4 is 21.7 Å². The number of hydrogen-bond donors (Lipinski definition) is 2. The van der Waals surface area contributed by atoms with Crippen molar-refractivity contribution in [2.24, 2.45) is 5.92 Å². The summed E-state index contributed by atoms with van der Waals surface area (Å²) in [4.78, 5) is 8.83. The van der Waals surface area contributed by atoms with Crippen molar-refractivity contribution in [3.8, 4) is 0 Å². The van der Waals surface area contributed by atoms with Crippen LogP contribution in [0.15, 0.2) is 10.7 Å². The Balaban J connectivity index is 1.92. The van der Waals surface area contributed by atoms with Gasteiger partial charge in [0.1, 0.15) is 16.2 Å². The van der Waals surface area contributed by atoms with Crippen molar-refractivity contribution in [2.75, 3.05) is 11.9 Å². The molecule has 0 spiro atoms. The Hall–Kier alpha value is -0.680. The second-order valence-corrected chi connectivity index (χ2v) is 5.77. The fourth-order valence-corrected chi connectivity index (χ4v) is 2.80. The lowest BCUT2D eigenvalue weighted by Crippen LogP contribution is -2.14. The monoisotopic (exact) mass is 313 g/mol. The summed E-state index contributed by atoms with van der Waals surface area (Å²) in [5, 5.41) is 12.8. The lowest BCUT2D eigenvalue weighted by molar-refractivity contribution is 0.178. The Bertz CT molecular complexity index is 400. The number of hydrogen-bond acceptors (Lipinski definition) is 4. The fourth-order valence-electron chi connectivity index (χ4n) is 2.37. The molecule has 2 rings (SSSR count). The normalized spacial score (nSPS) is 23.3. The zero-order valence-electron chi connectivity index (χ0n) is 10.7. The Morgan fingerprint density at radius 1 is 1.44 bits per heavy atom. The third kappa shape index (κ3) is 3.92. The van der Waals surface area contributed by atoms with E-state index >= 15 is 0 Å². The zero-order valence-corrected chi connectivity index (χ0v) is 12.3. The quantitative estimate of drug-likeness (QED) is 0.821. The lowest BCUT2D eigenvalue weighted by atomic mass is 10.1. The summed E-state index contributed by atoms with van der Waals surface area (Å²) in [6.07, 6.45) is 4.77. The third-order valence-electron chi connectivity index (χ3n) is 3.30. The van der Waals surface area contributed by atoms with Crippen LogP contribution in [0.25, 0.3) is 0 Å². The fraction of sp³-hybridized carbons (Fsp3) is 0.692. The molecule has 0 amide bonds. The maximum atomic E-state index is 9.49. The van der Waals surface area contributed by atoms with E-state index in [0.29, 0.717) is 5.92 Å². The summed E-state index contributed by atoms with van der Waals surface area (Å²) in [6, 6.07) is 1.91. The summed E-state index contributed by atoms with van der Waals surface area (Å²) in [7, 11) is 0. The van der Waals surface area contributed by atoms with E-state index in [1.807, 2.05) is 6.07 Å². The van der Waals surface area contributed by atoms with Gasteiger partial charge in [0.15, 0.2) is 0 Å². The van der Waals surface area contributed by atoms with Gasteiger partial charge < -0.3 is 10.4 Å². The first kappa shape index (κ1) is 13.7. The van der Waals surface area contributed by atoms with Gasteiger partial charge in [-0.2, -0.15) is 0 Å². The van der Waals surface area contributed by atoms with Crippen molar-refractivity contribution in [3.05, 3.63) is 16.5 Å². The number of nitrogens with one attached hydrogen (secondary N) is 1. The van der Waals surface area contributed by atoms with Crippen LogP contribution in [0.3, 0.4) is 0 Å². The number of aliphatic hydroxyl groups excluding tert-OH is 1. The molecule has 1 aromatic heterocycles. The molecule has 4 nitrogen and oxygen atoms in total. The molecule has 1 aliphatic carbocycles. The topological polar surface area (TPSA) is 58.0 Å². The lowest BCUT2D eigenvalue weighted by Gasteiger charge is -2.12. The highest BCUT2D eigenvalue weighted by Crippen LogP contribution is 2.25. The molecule has 1 aliphatic rings. The van der Waals surface area contributed by atoms with Gasteiger partial charge in [-0.05, 0) is 47.5 Å². The largest absolute Gasteiger partial charge is 0.393 e. The zero-order chi connectivity index (χ0) is 13.0. The van der Waals surface area contributed by atoms with Gasteiger partial charge in [-0.25, -0.2) is 9.97 Å². The van der Waals surface area contributed by atoms with Gasteiger partial charge in [-0.3, -0.25) is 0 Å². The Morgan fingerprint density at radius 3 is 2.94 bits per heavy atom. The van der Waals surface area contributed by atoms with Crippen molar-refractivity contribution in [1.29, 1.82) is 0 Å². The average Bonchev–Trinajstić information content (AvgIpc) is 2.72. The van der Waals surface area contributed by atoms with Crippen molar-refractivity contribution in [1.82, 2.24) is 9.97 Å². The maximum absolute atomic E-state index is 9.49. The number of aliphatic hydroxyl groups is 1. The number of nitrogens with zero attached hydrogens (tertiary/aromatic N) is 2. The molecule has 0 radical (unpaired) electrons. The van der Waals surface area contributed by atoms with Crippen LogP contribution in [-0.4, -0.2) is 27.7 Å². The van der Waals surface area contributed by atoms with E-state index in [9.17, 15) is 5.11 Å². The van der Waals surface area contributed by atoms with Crippen molar-refractivity contribution in [2.45, 2.75) is 45.1 Å². The standard InChI is InChI=1S/C13H20BrN3O/c1-2-3-12-16-11(14)7-13(17-12)15-8-9-4-5-10(18)6-9/h7,9-10,18H,2-6,8H2,1H3,(H,15,16,17). The first-order valence-corrected chi connectivity index (χ1v) is 7.42. The van der Waals surface area contributed by atoms with Crippen LogP contribution < -0.4 is 5.32 Å². The smallest absolute Gasteiger partial charge is 0.132 e. The van der Waals surface area contributed by atoms with Crippen LogP contribution >= 0.6 is 15.9 Å². The minimum atomic E-state index is -0.107. The van der Waals surface area contributed by atoms with E-state index in [4.69, 9.17) is 0 Å². The Labute approximate surface area is 116 Å². The van der Waals surface area contributed by atoms with Crippen LogP contribution in [0.1, 0.15) is 38.4 Å². The molecule has 5 heteroatoms. The highest BCUT2D eigenvalue weighted by atomic mass is 79.9. The maximum Gasteiger partial charge on any atom is 0.132 e. The number of rotatable bonds is 5. The molecule has 1 saturated carbocycles. The summed E-state index contributed by atoms with van der Waals surface area (Å²) in [5.74, 6) is 2.31. The van der Waals surface area contributed by atoms with Gasteiger partial charge in [0.25, 0.3) is 0 Å². The number of aryl methyl sites for hydroxylation is 1. The summed E-state index contributed by atoms with van der Waals surface area (Å²) in [6.45, 7) is 3.00. The minimum absolute atomic E-state index is 0.107. The average molecular weight is 314 g/mol. The van der Waals surface area contributed by atoms with Crippen LogP contribution in [0.5, 0.6) is 0 Å². The van der Waals surface area contributed by atoms with Crippen LogP contribution in [0.4, 0.5) is 5.82 Å². The van der Waals surface area contributed by atoms with E-state index in [-0.39, 0.29) is 6.10 Å². The number of halogens is 1. The van der Waals surface area contributed by atoms with E-state index in [1.54, 1.807) is 0 Å². The predicted octanol–water partition coefficient (Wildman–Crippen LogP) is 2.76. The van der Waals surface area contributed by atoms with Gasteiger partial charge in [0, 0.05) is 19.0 Å². The molecule has 0 aromatic carbocycles. The van der Waals surface area contributed by atoms with Gasteiger partial charge in [0.05, 0.1) is 6.10 Å². The van der Waals surface area contributed by atoms with Crippen LogP contribution in [0, 0.1) is 5.92 Å². The molecule has 2 N–H and O–H groups in total.